The van der Waals surface area contributed by atoms with Gasteiger partial charge in [0.25, 0.3) is 0 Å². The lowest BCUT2D eigenvalue weighted by Crippen LogP contribution is -2.35. The van der Waals surface area contributed by atoms with Crippen LogP contribution in [0.3, 0.4) is 0 Å². The van der Waals surface area contributed by atoms with E-state index in [4.69, 9.17) is 11.6 Å². The number of benzene rings is 1. The maximum absolute atomic E-state index is 12.6. The second-order valence-electron chi connectivity index (χ2n) is 6.17. The first-order valence-electron chi connectivity index (χ1n) is 8.03. The number of nitrogens with zero attached hydrogens (tertiary/aromatic N) is 2. The third kappa shape index (κ3) is 4.15. The van der Waals surface area contributed by atoms with Crippen molar-refractivity contribution in [1.82, 2.24) is 4.90 Å². The Hall–Kier alpha value is -0.770. The molecule has 1 atom stereocenters. The van der Waals surface area contributed by atoms with Crippen LogP contribution >= 0.6 is 24.0 Å². The SMILES string of the molecule is Cl.O=C1C(CN2CCCCCC2)CCN1c1ccc(Cl)cc1. The molecule has 0 saturated carbocycles. The van der Waals surface area contributed by atoms with E-state index >= 15 is 0 Å². The van der Waals surface area contributed by atoms with E-state index in [0.29, 0.717) is 5.02 Å². The lowest BCUT2D eigenvalue weighted by molar-refractivity contribution is -0.120. The molecule has 1 amide bonds. The summed E-state index contributed by atoms with van der Waals surface area (Å²) in [6.45, 7) is 4.08. The topological polar surface area (TPSA) is 23.6 Å². The number of hydrogen-bond acceptors (Lipinski definition) is 2. The lowest BCUT2D eigenvalue weighted by atomic mass is 10.1. The molecule has 0 N–H and O–H groups in total. The first-order valence-corrected chi connectivity index (χ1v) is 8.41. The van der Waals surface area contributed by atoms with E-state index in [1.165, 1.54) is 25.7 Å². The molecule has 0 radical (unpaired) electrons. The van der Waals surface area contributed by atoms with Crippen molar-refractivity contribution in [3.05, 3.63) is 29.3 Å². The average molecular weight is 343 g/mol. The Bertz CT molecular complexity index is 484. The molecule has 3 nitrogen and oxygen atoms in total. The molecular formula is C17H24Cl2N2O. The molecule has 1 aromatic rings. The Labute approximate surface area is 144 Å². The first-order chi connectivity index (χ1) is 10.2. The Kier molecular flexibility index (Phi) is 6.54. The Morgan fingerprint density at radius 2 is 1.64 bits per heavy atom. The number of carbonyl (C=O) groups excluding carboxylic acids is 1. The monoisotopic (exact) mass is 342 g/mol. The zero-order chi connectivity index (χ0) is 14.7. The van der Waals surface area contributed by atoms with Crippen LogP contribution in [0.25, 0.3) is 0 Å². The van der Waals surface area contributed by atoms with Crippen molar-refractivity contribution >= 4 is 35.6 Å². The van der Waals surface area contributed by atoms with Crippen LogP contribution in [-0.4, -0.2) is 37.0 Å². The molecule has 0 bridgehead atoms. The minimum absolute atomic E-state index is 0. The van der Waals surface area contributed by atoms with Gasteiger partial charge in [-0.1, -0.05) is 24.4 Å². The molecule has 1 aromatic carbocycles. The van der Waals surface area contributed by atoms with Crippen LogP contribution in [0.15, 0.2) is 24.3 Å². The molecule has 0 aliphatic carbocycles. The summed E-state index contributed by atoms with van der Waals surface area (Å²) in [6.07, 6.45) is 6.21. The number of anilines is 1. The largest absolute Gasteiger partial charge is 0.312 e. The van der Waals surface area contributed by atoms with E-state index in [-0.39, 0.29) is 24.2 Å². The molecule has 3 rings (SSSR count). The fourth-order valence-corrected chi connectivity index (χ4v) is 3.54. The third-order valence-electron chi connectivity index (χ3n) is 4.63. The summed E-state index contributed by atoms with van der Waals surface area (Å²) < 4.78 is 0. The van der Waals surface area contributed by atoms with Crippen LogP contribution in [0, 0.1) is 5.92 Å². The summed E-state index contributed by atoms with van der Waals surface area (Å²) in [7, 11) is 0. The first kappa shape index (κ1) is 17.6. The maximum atomic E-state index is 12.6. The molecule has 0 spiro atoms. The van der Waals surface area contributed by atoms with E-state index in [0.717, 1.165) is 38.3 Å². The smallest absolute Gasteiger partial charge is 0.231 e. The van der Waals surface area contributed by atoms with Gasteiger partial charge in [0.1, 0.15) is 0 Å². The van der Waals surface area contributed by atoms with E-state index in [1.807, 2.05) is 29.2 Å². The van der Waals surface area contributed by atoms with Crippen molar-refractivity contribution in [1.29, 1.82) is 0 Å². The Balaban J connectivity index is 0.00000176. The lowest BCUT2D eigenvalue weighted by Gasteiger charge is -2.23. The van der Waals surface area contributed by atoms with Gasteiger partial charge >= 0.3 is 0 Å². The highest BCUT2D eigenvalue weighted by Gasteiger charge is 2.33. The van der Waals surface area contributed by atoms with Gasteiger partial charge in [-0.05, 0) is 56.6 Å². The third-order valence-corrected chi connectivity index (χ3v) is 4.88. The fraction of sp³-hybridized carbons (Fsp3) is 0.588. The molecule has 5 heteroatoms. The van der Waals surface area contributed by atoms with Crippen molar-refractivity contribution in [2.75, 3.05) is 31.1 Å². The van der Waals surface area contributed by atoms with Crippen LogP contribution in [0.4, 0.5) is 5.69 Å². The summed E-state index contributed by atoms with van der Waals surface area (Å²) in [5.41, 5.74) is 0.975. The van der Waals surface area contributed by atoms with Crippen molar-refractivity contribution in [3.8, 4) is 0 Å². The summed E-state index contributed by atoms with van der Waals surface area (Å²) in [5.74, 6) is 0.445. The molecule has 0 aromatic heterocycles. The van der Waals surface area contributed by atoms with Crippen molar-refractivity contribution < 1.29 is 4.79 Å². The summed E-state index contributed by atoms with van der Waals surface area (Å²) in [6, 6.07) is 7.59. The zero-order valence-electron chi connectivity index (χ0n) is 12.8. The standard InChI is InChI=1S/C17H23ClN2O.ClH/c18-15-5-7-16(8-6-15)20-12-9-14(17(20)21)13-19-10-3-1-2-4-11-19;/h5-8,14H,1-4,9-13H2;1H. The predicted molar refractivity (Wildman–Crippen MR) is 94.1 cm³/mol. The van der Waals surface area contributed by atoms with Crippen LogP contribution in [-0.2, 0) is 4.79 Å². The minimum Gasteiger partial charge on any atom is -0.312 e. The average Bonchev–Trinajstić information content (AvgIpc) is 2.70. The van der Waals surface area contributed by atoms with Crippen molar-refractivity contribution in [3.63, 3.8) is 0 Å². The van der Waals surface area contributed by atoms with Gasteiger partial charge in [0, 0.05) is 23.8 Å². The Morgan fingerprint density at radius 1 is 1.00 bits per heavy atom. The number of likely N-dealkylation sites (tertiary alicyclic amines) is 1. The summed E-state index contributed by atoms with van der Waals surface area (Å²) >= 11 is 5.92. The highest BCUT2D eigenvalue weighted by Crippen LogP contribution is 2.27. The molecule has 2 saturated heterocycles. The highest BCUT2D eigenvalue weighted by molar-refractivity contribution is 6.30. The molecule has 122 valence electrons. The Morgan fingerprint density at radius 3 is 2.27 bits per heavy atom. The van der Waals surface area contributed by atoms with Gasteiger partial charge in [-0.25, -0.2) is 0 Å². The normalized spacial score (nSPS) is 23.2. The highest BCUT2D eigenvalue weighted by atomic mass is 35.5. The molecule has 2 aliphatic rings. The van der Waals surface area contributed by atoms with Crippen LogP contribution in [0.5, 0.6) is 0 Å². The quantitative estimate of drug-likeness (QED) is 0.828. The second-order valence-corrected chi connectivity index (χ2v) is 6.60. The molecule has 1 unspecified atom stereocenters. The van der Waals surface area contributed by atoms with Gasteiger partial charge < -0.3 is 9.80 Å². The molecular weight excluding hydrogens is 319 g/mol. The van der Waals surface area contributed by atoms with Crippen LogP contribution in [0.1, 0.15) is 32.1 Å². The van der Waals surface area contributed by atoms with Gasteiger partial charge in [0.15, 0.2) is 0 Å². The zero-order valence-corrected chi connectivity index (χ0v) is 14.4. The van der Waals surface area contributed by atoms with Crippen LogP contribution in [0.2, 0.25) is 5.02 Å². The van der Waals surface area contributed by atoms with Gasteiger partial charge in [-0.15, -0.1) is 12.4 Å². The van der Waals surface area contributed by atoms with Gasteiger partial charge in [0.05, 0.1) is 5.92 Å². The minimum atomic E-state index is 0. The van der Waals surface area contributed by atoms with Gasteiger partial charge in [0.2, 0.25) is 5.91 Å². The predicted octanol–water partition coefficient (Wildman–Crippen LogP) is 3.99. The number of halogens is 2. The van der Waals surface area contributed by atoms with Crippen molar-refractivity contribution in [2.45, 2.75) is 32.1 Å². The fourth-order valence-electron chi connectivity index (χ4n) is 3.42. The van der Waals surface area contributed by atoms with Gasteiger partial charge in [-0.3, -0.25) is 4.79 Å². The van der Waals surface area contributed by atoms with Crippen molar-refractivity contribution in [2.24, 2.45) is 5.92 Å². The number of hydrogen-bond donors (Lipinski definition) is 0. The van der Waals surface area contributed by atoms with E-state index in [2.05, 4.69) is 4.90 Å². The van der Waals surface area contributed by atoms with E-state index in [9.17, 15) is 4.79 Å². The maximum Gasteiger partial charge on any atom is 0.231 e. The number of rotatable bonds is 3. The van der Waals surface area contributed by atoms with Crippen LogP contribution < -0.4 is 4.90 Å². The summed E-state index contributed by atoms with van der Waals surface area (Å²) in [4.78, 5) is 17.0. The van der Waals surface area contributed by atoms with E-state index < -0.39 is 0 Å². The van der Waals surface area contributed by atoms with Gasteiger partial charge in [-0.2, -0.15) is 0 Å². The molecule has 2 aliphatic heterocycles. The second kappa shape index (κ2) is 8.19. The number of amides is 1. The summed E-state index contributed by atoms with van der Waals surface area (Å²) in [5, 5.41) is 0.714. The molecule has 2 heterocycles. The van der Waals surface area contributed by atoms with E-state index in [1.54, 1.807) is 0 Å². The number of carbonyl (C=O) groups is 1. The molecule has 22 heavy (non-hydrogen) atoms. The molecule has 2 fully saturated rings.